The van der Waals surface area contributed by atoms with Gasteiger partial charge in [-0.2, -0.15) is 0 Å². The molecule has 4 atom stereocenters. The summed E-state index contributed by atoms with van der Waals surface area (Å²) in [5.41, 5.74) is 9.94. The van der Waals surface area contributed by atoms with E-state index in [0.717, 1.165) is 31.0 Å². The fraction of sp³-hybridized carbons (Fsp3) is 0.500. The average Bonchev–Trinajstić information content (AvgIpc) is 3.08. The number of nitrogens with zero attached hydrogens (tertiary/aromatic N) is 1. The predicted molar refractivity (Wildman–Crippen MR) is 76.2 cm³/mol. The first-order valence-electron chi connectivity index (χ1n) is 7.53. The van der Waals surface area contributed by atoms with Gasteiger partial charge in [0.1, 0.15) is 0 Å². The molecule has 110 valence electrons. The second-order valence-corrected chi connectivity index (χ2v) is 6.40. The highest BCUT2D eigenvalue weighted by molar-refractivity contribution is 5.53. The van der Waals surface area contributed by atoms with Gasteiger partial charge in [0, 0.05) is 31.1 Å². The third kappa shape index (κ3) is 1.51. The maximum absolute atomic E-state index is 10.7. The average molecular weight is 286 g/mol. The van der Waals surface area contributed by atoms with Gasteiger partial charge in [-0.3, -0.25) is 4.90 Å². The molecular weight excluding hydrogens is 268 g/mol. The number of fused-ring (bicyclic) bond motifs is 3. The number of ether oxygens (including phenoxy) is 2. The van der Waals surface area contributed by atoms with Crippen LogP contribution in [0.1, 0.15) is 23.5 Å². The van der Waals surface area contributed by atoms with E-state index in [-0.39, 0.29) is 18.8 Å². The summed E-state index contributed by atoms with van der Waals surface area (Å²) in [6.07, 6.45) is 2.59. The normalized spacial score (nSPS) is 36.2. The molecule has 0 amide bonds. The summed E-state index contributed by atoms with van der Waals surface area (Å²) in [7, 11) is 0. The first-order chi connectivity index (χ1) is 10.2. The lowest BCUT2D eigenvalue weighted by Gasteiger charge is -2.44. The van der Waals surface area contributed by atoms with E-state index in [2.05, 4.69) is 23.1 Å². The van der Waals surface area contributed by atoms with E-state index in [4.69, 9.17) is 15.2 Å². The Labute approximate surface area is 122 Å². The molecule has 0 saturated carbocycles. The van der Waals surface area contributed by atoms with Gasteiger partial charge >= 0.3 is 0 Å². The molecule has 5 heteroatoms. The third-order valence-corrected chi connectivity index (χ3v) is 5.34. The van der Waals surface area contributed by atoms with Gasteiger partial charge in [0.2, 0.25) is 6.79 Å². The summed E-state index contributed by atoms with van der Waals surface area (Å²) >= 11 is 0. The largest absolute Gasteiger partial charge is 0.454 e. The minimum absolute atomic E-state index is 0.0424. The molecule has 0 aromatic heterocycles. The molecule has 1 fully saturated rings. The number of hydrogen-bond acceptors (Lipinski definition) is 5. The van der Waals surface area contributed by atoms with Crippen molar-refractivity contribution in [3.05, 3.63) is 34.9 Å². The SMILES string of the molecule is N[C@H]1C=C2CCN3Cc4cc5c(cc4[C@@H](C23)[C@@H]1O)OCO5. The van der Waals surface area contributed by atoms with Gasteiger partial charge in [-0.25, -0.2) is 0 Å². The Morgan fingerprint density at radius 1 is 1.24 bits per heavy atom. The molecule has 3 N–H and O–H groups in total. The standard InChI is InChI=1S/C16H18N2O3/c17-11-3-8-1-2-18-6-9-4-12-13(21-7-20-12)5-10(9)14(15(8)18)16(11)19/h3-5,11,14-16,19H,1-2,6-7,17H2/t11-,14-,15?,16+/m0/s1. The summed E-state index contributed by atoms with van der Waals surface area (Å²) in [6, 6.07) is 4.14. The summed E-state index contributed by atoms with van der Waals surface area (Å²) < 4.78 is 11.0. The first kappa shape index (κ1) is 12.0. The molecule has 21 heavy (non-hydrogen) atoms. The molecule has 4 aliphatic rings. The molecule has 1 unspecified atom stereocenters. The maximum Gasteiger partial charge on any atom is 0.231 e. The Hall–Kier alpha value is -1.56. The zero-order valence-electron chi connectivity index (χ0n) is 11.7. The lowest BCUT2D eigenvalue weighted by Crippen LogP contribution is -2.52. The summed E-state index contributed by atoms with van der Waals surface area (Å²) in [5, 5.41) is 10.7. The molecule has 0 spiro atoms. The van der Waals surface area contributed by atoms with E-state index in [9.17, 15) is 5.11 Å². The van der Waals surface area contributed by atoms with E-state index in [0.29, 0.717) is 6.04 Å². The van der Waals surface area contributed by atoms with Gasteiger partial charge in [-0.05, 0) is 29.7 Å². The molecule has 1 saturated heterocycles. The van der Waals surface area contributed by atoms with Gasteiger partial charge in [0.05, 0.1) is 6.10 Å². The first-order valence-corrected chi connectivity index (χ1v) is 7.53. The van der Waals surface area contributed by atoms with Gasteiger partial charge in [-0.15, -0.1) is 0 Å². The van der Waals surface area contributed by atoms with Crippen LogP contribution in [0.25, 0.3) is 0 Å². The molecule has 1 aromatic rings. The van der Waals surface area contributed by atoms with Gasteiger partial charge < -0.3 is 20.3 Å². The van der Waals surface area contributed by atoms with Crippen LogP contribution in [0.4, 0.5) is 0 Å². The van der Waals surface area contributed by atoms with Crippen LogP contribution < -0.4 is 15.2 Å². The van der Waals surface area contributed by atoms with Crippen molar-refractivity contribution >= 4 is 0 Å². The van der Waals surface area contributed by atoms with Crippen LogP contribution in [0.3, 0.4) is 0 Å². The summed E-state index contributed by atoms with van der Waals surface area (Å²) in [5.74, 6) is 1.65. The van der Waals surface area contributed by atoms with Crippen LogP contribution in [-0.4, -0.2) is 41.5 Å². The molecule has 1 aromatic carbocycles. The van der Waals surface area contributed by atoms with Gasteiger partial charge in [0.15, 0.2) is 11.5 Å². The van der Waals surface area contributed by atoms with Crippen LogP contribution in [0, 0.1) is 0 Å². The van der Waals surface area contributed by atoms with Crippen molar-refractivity contribution in [1.82, 2.24) is 4.90 Å². The number of benzene rings is 1. The molecule has 3 heterocycles. The Bertz CT molecular complexity index is 657. The quantitative estimate of drug-likeness (QED) is 0.688. The van der Waals surface area contributed by atoms with Crippen molar-refractivity contribution in [3.63, 3.8) is 0 Å². The molecule has 0 radical (unpaired) electrons. The number of aliphatic hydroxyl groups is 1. The second-order valence-electron chi connectivity index (χ2n) is 6.40. The number of hydrogen-bond donors (Lipinski definition) is 2. The van der Waals surface area contributed by atoms with E-state index in [1.54, 1.807) is 0 Å². The zero-order chi connectivity index (χ0) is 14.1. The van der Waals surface area contributed by atoms with E-state index < -0.39 is 6.10 Å². The molecular formula is C16H18N2O3. The number of aliphatic hydroxyl groups excluding tert-OH is 1. The van der Waals surface area contributed by atoms with E-state index in [1.807, 2.05) is 0 Å². The van der Waals surface area contributed by atoms with Crippen molar-refractivity contribution in [2.45, 2.75) is 37.1 Å². The highest BCUT2D eigenvalue weighted by Gasteiger charge is 2.48. The second kappa shape index (κ2) is 4.00. The number of rotatable bonds is 0. The third-order valence-electron chi connectivity index (χ3n) is 5.34. The predicted octanol–water partition coefficient (Wildman–Crippen LogP) is 0.715. The Balaban J connectivity index is 1.70. The topological polar surface area (TPSA) is 68.0 Å². The molecule has 1 aliphatic carbocycles. The lowest BCUT2D eigenvalue weighted by molar-refractivity contribution is 0.0715. The van der Waals surface area contributed by atoms with Gasteiger partial charge in [-0.1, -0.05) is 11.6 Å². The summed E-state index contributed by atoms with van der Waals surface area (Å²) in [4.78, 5) is 2.45. The Kier molecular flexibility index (Phi) is 2.29. The smallest absolute Gasteiger partial charge is 0.231 e. The van der Waals surface area contributed by atoms with Crippen molar-refractivity contribution in [1.29, 1.82) is 0 Å². The fourth-order valence-electron chi connectivity index (χ4n) is 4.40. The molecule has 5 rings (SSSR count). The van der Waals surface area contributed by atoms with Crippen LogP contribution in [0.2, 0.25) is 0 Å². The zero-order valence-corrected chi connectivity index (χ0v) is 11.7. The monoisotopic (exact) mass is 286 g/mol. The van der Waals surface area contributed by atoms with Crippen LogP contribution in [-0.2, 0) is 6.54 Å². The van der Waals surface area contributed by atoms with Crippen LogP contribution in [0.5, 0.6) is 11.5 Å². The van der Waals surface area contributed by atoms with Gasteiger partial charge in [0.25, 0.3) is 0 Å². The lowest BCUT2D eigenvalue weighted by atomic mass is 9.72. The van der Waals surface area contributed by atoms with Crippen molar-refractivity contribution < 1.29 is 14.6 Å². The molecule has 5 nitrogen and oxygen atoms in total. The highest BCUT2D eigenvalue weighted by Crippen LogP contribution is 2.49. The van der Waals surface area contributed by atoms with Crippen LogP contribution >= 0.6 is 0 Å². The minimum Gasteiger partial charge on any atom is -0.454 e. The summed E-state index contributed by atoms with van der Waals surface area (Å²) in [6.45, 7) is 2.23. The van der Waals surface area contributed by atoms with Crippen molar-refractivity contribution in [2.75, 3.05) is 13.3 Å². The Morgan fingerprint density at radius 3 is 2.90 bits per heavy atom. The number of nitrogens with two attached hydrogens (primary N) is 1. The van der Waals surface area contributed by atoms with E-state index in [1.165, 1.54) is 16.7 Å². The molecule has 3 aliphatic heterocycles. The van der Waals surface area contributed by atoms with E-state index >= 15 is 0 Å². The van der Waals surface area contributed by atoms with Crippen molar-refractivity contribution in [3.8, 4) is 11.5 Å². The van der Waals surface area contributed by atoms with Crippen molar-refractivity contribution in [2.24, 2.45) is 5.73 Å². The molecule has 0 bridgehead atoms. The fourth-order valence-corrected chi connectivity index (χ4v) is 4.40. The minimum atomic E-state index is -0.543. The highest BCUT2D eigenvalue weighted by atomic mass is 16.7. The maximum atomic E-state index is 10.7. The Morgan fingerprint density at radius 2 is 2.05 bits per heavy atom. The van der Waals surface area contributed by atoms with Crippen LogP contribution in [0.15, 0.2) is 23.8 Å².